The molecule has 0 saturated carbocycles. The first kappa shape index (κ1) is 9.53. The molecule has 0 radical (unpaired) electrons. The molecule has 1 aromatic carbocycles. The second-order valence-corrected chi connectivity index (χ2v) is 3.96. The largest absolute Gasteiger partial charge is 0.497 e. The maximum Gasteiger partial charge on any atom is 0.119 e. The molecule has 0 spiro atoms. The third-order valence-electron chi connectivity index (χ3n) is 3.13. The summed E-state index contributed by atoms with van der Waals surface area (Å²) >= 11 is 0. The number of methoxy groups -OCH3 is 1. The van der Waals surface area contributed by atoms with Crippen LogP contribution < -0.4 is 4.74 Å². The topological polar surface area (TPSA) is 29.5 Å². The number of aliphatic hydroxyl groups is 1. The molecule has 76 valence electrons. The van der Waals surface area contributed by atoms with Crippen molar-refractivity contribution in [3.8, 4) is 5.75 Å². The summed E-state index contributed by atoms with van der Waals surface area (Å²) in [4.78, 5) is 0. The molecule has 0 fully saturated rings. The molecule has 14 heavy (non-hydrogen) atoms. The van der Waals surface area contributed by atoms with E-state index in [1.807, 2.05) is 6.07 Å². The molecule has 2 atom stereocenters. The van der Waals surface area contributed by atoms with Crippen molar-refractivity contribution in [3.63, 3.8) is 0 Å². The predicted octanol–water partition coefficient (Wildman–Crippen LogP) is 2.11. The zero-order valence-corrected chi connectivity index (χ0v) is 8.66. The van der Waals surface area contributed by atoms with Gasteiger partial charge in [0.1, 0.15) is 5.75 Å². The fourth-order valence-corrected chi connectivity index (χ4v) is 2.13. The number of aliphatic hydroxyl groups excluding tert-OH is 1. The maximum absolute atomic E-state index is 9.72. The van der Waals surface area contributed by atoms with Crippen molar-refractivity contribution in [2.24, 2.45) is 0 Å². The van der Waals surface area contributed by atoms with Gasteiger partial charge in [0.15, 0.2) is 0 Å². The van der Waals surface area contributed by atoms with Gasteiger partial charge in [-0.25, -0.2) is 0 Å². The molecule has 1 aliphatic carbocycles. The molecule has 1 N–H and O–H groups in total. The molecule has 2 rings (SSSR count). The number of aryl methyl sites for hydroxylation is 1. The van der Waals surface area contributed by atoms with Crippen LogP contribution in [0.2, 0.25) is 0 Å². The molecular weight excluding hydrogens is 176 g/mol. The van der Waals surface area contributed by atoms with Crippen molar-refractivity contribution in [2.75, 3.05) is 7.11 Å². The minimum atomic E-state index is -0.184. The summed E-state index contributed by atoms with van der Waals surface area (Å²) in [5.41, 5.74) is 2.59. The third kappa shape index (κ3) is 1.50. The van der Waals surface area contributed by atoms with Crippen molar-refractivity contribution in [1.82, 2.24) is 0 Å². The van der Waals surface area contributed by atoms with Crippen LogP contribution in [0.5, 0.6) is 5.75 Å². The summed E-state index contributed by atoms with van der Waals surface area (Å²) in [6.07, 6.45) is 1.63. The molecular formula is C12H16O2. The lowest BCUT2D eigenvalue weighted by atomic mass is 9.82. The molecule has 0 bridgehead atoms. The number of benzene rings is 1. The van der Waals surface area contributed by atoms with Gasteiger partial charge >= 0.3 is 0 Å². The van der Waals surface area contributed by atoms with Crippen molar-refractivity contribution in [3.05, 3.63) is 29.3 Å². The minimum Gasteiger partial charge on any atom is -0.497 e. The average Bonchev–Trinajstić information content (AvgIpc) is 2.23. The Morgan fingerprint density at radius 3 is 2.93 bits per heavy atom. The van der Waals surface area contributed by atoms with Gasteiger partial charge in [0.25, 0.3) is 0 Å². The van der Waals surface area contributed by atoms with Crippen LogP contribution in [0.1, 0.15) is 30.4 Å². The van der Waals surface area contributed by atoms with Gasteiger partial charge in [0.2, 0.25) is 0 Å². The minimum absolute atomic E-state index is 0.184. The number of hydrogen-bond acceptors (Lipinski definition) is 2. The van der Waals surface area contributed by atoms with Gasteiger partial charge in [0, 0.05) is 5.92 Å². The Kier molecular flexibility index (Phi) is 2.46. The van der Waals surface area contributed by atoms with Crippen LogP contribution in [0, 0.1) is 0 Å². The number of rotatable bonds is 1. The van der Waals surface area contributed by atoms with Crippen LogP contribution in [0.25, 0.3) is 0 Å². The van der Waals surface area contributed by atoms with E-state index in [2.05, 4.69) is 19.1 Å². The smallest absolute Gasteiger partial charge is 0.119 e. The van der Waals surface area contributed by atoms with Crippen LogP contribution in [-0.4, -0.2) is 18.3 Å². The maximum atomic E-state index is 9.72. The van der Waals surface area contributed by atoms with Crippen molar-refractivity contribution < 1.29 is 9.84 Å². The van der Waals surface area contributed by atoms with Crippen LogP contribution in [0.3, 0.4) is 0 Å². The lowest BCUT2D eigenvalue weighted by Crippen LogP contribution is -2.22. The molecule has 1 aliphatic rings. The number of fused-ring (bicyclic) bond motifs is 1. The van der Waals surface area contributed by atoms with Crippen molar-refractivity contribution in [2.45, 2.75) is 31.8 Å². The van der Waals surface area contributed by atoms with Gasteiger partial charge < -0.3 is 9.84 Å². The molecule has 0 heterocycles. The summed E-state index contributed by atoms with van der Waals surface area (Å²) in [7, 11) is 1.68. The molecule has 2 heteroatoms. The quantitative estimate of drug-likeness (QED) is 0.738. The SMILES string of the molecule is COc1ccc2c(c1)CC[C@@H](O)[C@@H]2C. The zero-order chi connectivity index (χ0) is 10.1. The van der Waals surface area contributed by atoms with Crippen LogP contribution >= 0.6 is 0 Å². The van der Waals surface area contributed by atoms with E-state index in [1.54, 1.807) is 7.11 Å². The molecule has 2 nitrogen and oxygen atoms in total. The molecule has 0 aliphatic heterocycles. The van der Waals surface area contributed by atoms with E-state index in [-0.39, 0.29) is 12.0 Å². The summed E-state index contributed by atoms with van der Waals surface area (Å²) in [6, 6.07) is 6.12. The molecule has 0 aromatic heterocycles. The molecule has 1 aromatic rings. The highest BCUT2D eigenvalue weighted by Crippen LogP contribution is 2.33. The van der Waals surface area contributed by atoms with E-state index in [4.69, 9.17) is 4.74 Å². The molecule has 0 amide bonds. The van der Waals surface area contributed by atoms with Gasteiger partial charge in [-0.15, -0.1) is 0 Å². The van der Waals surface area contributed by atoms with Gasteiger partial charge in [-0.3, -0.25) is 0 Å². The third-order valence-corrected chi connectivity index (χ3v) is 3.13. The monoisotopic (exact) mass is 192 g/mol. The summed E-state index contributed by atoms with van der Waals surface area (Å²) in [5.74, 6) is 1.16. The zero-order valence-electron chi connectivity index (χ0n) is 8.66. The summed E-state index contributed by atoms with van der Waals surface area (Å²) in [6.45, 7) is 2.08. The van der Waals surface area contributed by atoms with E-state index >= 15 is 0 Å². The first-order valence-electron chi connectivity index (χ1n) is 5.07. The van der Waals surface area contributed by atoms with E-state index in [0.29, 0.717) is 0 Å². The molecule has 0 saturated heterocycles. The standard InChI is InChI=1S/C12H16O2/c1-8-11-5-4-10(14-2)7-9(11)3-6-12(8)13/h4-5,7-8,12-13H,3,6H2,1-2H3/t8-,12-/m1/s1. The van der Waals surface area contributed by atoms with Crippen LogP contribution in [0.4, 0.5) is 0 Å². The van der Waals surface area contributed by atoms with Gasteiger partial charge in [-0.1, -0.05) is 13.0 Å². The highest BCUT2D eigenvalue weighted by atomic mass is 16.5. The van der Waals surface area contributed by atoms with Gasteiger partial charge in [-0.05, 0) is 36.1 Å². The average molecular weight is 192 g/mol. The van der Waals surface area contributed by atoms with E-state index in [0.717, 1.165) is 18.6 Å². The Bertz CT molecular complexity index is 333. The Morgan fingerprint density at radius 2 is 2.21 bits per heavy atom. The Morgan fingerprint density at radius 1 is 1.43 bits per heavy atom. The highest BCUT2D eigenvalue weighted by Gasteiger charge is 2.24. The van der Waals surface area contributed by atoms with Crippen LogP contribution in [0.15, 0.2) is 18.2 Å². The van der Waals surface area contributed by atoms with Crippen molar-refractivity contribution in [1.29, 1.82) is 0 Å². The summed E-state index contributed by atoms with van der Waals surface area (Å²) < 4.78 is 5.18. The lowest BCUT2D eigenvalue weighted by Gasteiger charge is -2.27. The Balaban J connectivity index is 2.38. The van der Waals surface area contributed by atoms with Gasteiger partial charge in [0.05, 0.1) is 13.2 Å². The van der Waals surface area contributed by atoms with Crippen LogP contribution in [-0.2, 0) is 6.42 Å². The second-order valence-electron chi connectivity index (χ2n) is 3.96. The van der Waals surface area contributed by atoms with E-state index in [1.165, 1.54) is 11.1 Å². The second kappa shape index (κ2) is 3.62. The highest BCUT2D eigenvalue weighted by molar-refractivity contribution is 5.39. The molecule has 0 unspecified atom stereocenters. The van der Waals surface area contributed by atoms with E-state index in [9.17, 15) is 5.11 Å². The Hall–Kier alpha value is -1.02. The first-order chi connectivity index (χ1) is 6.72. The fraction of sp³-hybridized carbons (Fsp3) is 0.500. The predicted molar refractivity (Wildman–Crippen MR) is 55.7 cm³/mol. The lowest BCUT2D eigenvalue weighted by molar-refractivity contribution is 0.132. The fourth-order valence-electron chi connectivity index (χ4n) is 2.13. The number of hydrogen-bond donors (Lipinski definition) is 1. The Labute approximate surface area is 84.5 Å². The first-order valence-corrected chi connectivity index (χ1v) is 5.07. The number of ether oxygens (including phenoxy) is 1. The van der Waals surface area contributed by atoms with Gasteiger partial charge in [-0.2, -0.15) is 0 Å². The van der Waals surface area contributed by atoms with Crippen molar-refractivity contribution >= 4 is 0 Å². The van der Waals surface area contributed by atoms with E-state index < -0.39 is 0 Å². The summed E-state index contributed by atoms with van der Waals surface area (Å²) in [5, 5.41) is 9.72. The normalized spacial score (nSPS) is 25.6.